The predicted molar refractivity (Wildman–Crippen MR) is 110 cm³/mol. The summed E-state index contributed by atoms with van der Waals surface area (Å²) in [6.45, 7) is 2.71. The molecule has 1 aliphatic heterocycles. The highest BCUT2D eigenvalue weighted by atomic mass is 32.1. The highest BCUT2D eigenvalue weighted by molar-refractivity contribution is 7.23. The number of fused-ring (bicyclic) bond motifs is 3. The summed E-state index contributed by atoms with van der Waals surface area (Å²) in [4.78, 5) is 29.7. The predicted octanol–water partition coefficient (Wildman–Crippen LogP) is 4.44. The van der Waals surface area contributed by atoms with Gasteiger partial charge in [0.05, 0.1) is 22.0 Å². The first-order chi connectivity index (χ1) is 13.1. The van der Waals surface area contributed by atoms with Crippen molar-refractivity contribution in [3.05, 3.63) is 57.8 Å². The molecule has 138 valence electrons. The van der Waals surface area contributed by atoms with Gasteiger partial charge in [0.2, 0.25) is 0 Å². The first-order valence-electron chi connectivity index (χ1n) is 8.63. The van der Waals surface area contributed by atoms with Gasteiger partial charge >= 0.3 is 5.97 Å². The zero-order valence-electron chi connectivity index (χ0n) is 14.7. The second kappa shape index (κ2) is 7.17. The number of thiophene rings is 2. The Balaban J connectivity index is 1.70. The van der Waals surface area contributed by atoms with Crippen LogP contribution in [-0.2, 0) is 11.2 Å². The Bertz CT molecular complexity index is 1000. The fraction of sp³-hybridized carbons (Fsp3) is 0.200. The van der Waals surface area contributed by atoms with Crippen LogP contribution >= 0.6 is 22.7 Å². The number of nitrogen functional groups attached to an aromatic ring is 1. The molecular formula is C20H18N2O3S2. The summed E-state index contributed by atoms with van der Waals surface area (Å²) in [7, 11) is 0. The zero-order chi connectivity index (χ0) is 19.0. The minimum absolute atomic E-state index is 0.0459. The van der Waals surface area contributed by atoms with Crippen molar-refractivity contribution < 1.29 is 14.3 Å². The van der Waals surface area contributed by atoms with Gasteiger partial charge in [0.1, 0.15) is 4.88 Å². The largest absolute Gasteiger partial charge is 0.462 e. The molecule has 27 heavy (non-hydrogen) atoms. The van der Waals surface area contributed by atoms with E-state index in [9.17, 15) is 9.59 Å². The van der Waals surface area contributed by atoms with Gasteiger partial charge < -0.3 is 15.4 Å². The zero-order valence-corrected chi connectivity index (χ0v) is 16.4. The molecule has 0 bridgehead atoms. The van der Waals surface area contributed by atoms with Crippen LogP contribution in [-0.4, -0.2) is 25.0 Å². The number of benzene rings is 1. The van der Waals surface area contributed by atoms with E-state index in [0.29, 0.717) is 35.7 Å². The van der Waals surface area contributed by atoms with Crippen LogP contribution in [0.3, 0.4) is 0 Å². The average Bonchev–Trinajstić information content (AvgIpc) is 3.27. The SMILES string of the molecule is CCOC(=O)c1cc2c(s1)-c1sccc1N(C(=O)c1ccc(N)cc1)CC2. The van der Waals surface area contributed by atoms with E-state index in [4.69, 9.17) is 10.5 Å². The van der Waals surface area contributed by atoms with Crippen molar-refractivity contribution in [1.29, 1.82) is 0 Å². The van der Waals surface area contributed by atoms with E-state index in [2.05, 4.69) is 0 Å². The van der Waals surface area contributed by atoms with Gasteiger partial charge in [-0.05, 0) is 60.7 Å². The molecule has 7 heteroatoms. The average molecular weight is 399 g/mol. The number of nitrogens with zero attached hydrogens (tertiary/aromatic N) is 1. The van der Waals surface area contributed by atoms with E-state index >= 15 is 0 Å². The Hall–Kier alpha value is -2.64. The highest BCUT2D eigenvalue weighted by Gasteiger charge is 2.28. The number of carbonyl (C=O) groups excluding carboxylic acids is 2. The van der Waals surface area contributed by atoms with E-state index in [0.717, 1.165) is 21.0 Å². The quantitative estimate of drug-likeness (QED) is 0.523. The van der Waals surface area contributed by atoms with Crippen LogP contribution in [0.15, 0.2) is 41.8 Å². The molecule has 2 aromatic heterocycles. The van der Waals surface area contributed by atoms with Crippen LogP contribution in [0.4, 0.5) is 11.4 Å². The third-order valence-corrected chi connectivity index (χ3v) is 6.66. The van der Waals surface area contributed by atoms with Gasteiger partial charge in [-0.1, -0.05) is 0 Å². The van der Waals surface area contributed by atoms with Crippen molar-refractivity contribution in [3.63, 3.8) is 0 Å². The van der Waals surface area contributed by atoms with Gasteiger partial charge in [0.15, 0.2) is 0 Å². The number of ether oxygens (including phenoxy) is 1. The van der Waals surface area contributed by atoms with Crippen molar-refractivity contribution in [2.45, 2.75) is 13.3 Å². The molecule has 0 atom stereocenters. The summed E-state index contributed by atoms with van der Waals surface area (Å²) in [6, 6.07) is 10.9. The van der Waals surface area contributed by atoms with Crippen LogP contribution in [0.1, 0.15) is 32.5 Å². The number of hydrogen-bond acceptors (Lipinski definition) is 6. The normalized spacial score (nSPS) is 12.9. The number of anilines is 2. The number of amides is 1. The van der Waals surface area contributed by atoms with E-state index in [1.807, 2.05) is 22.4 Å². The summed E-state index contributed by atoms with van der Waals surface area (Å²) >= 11 is 3.02. The number of nitrogens with two attached hydrogens (primary N) is 1. The molecule has 3 aromatic rings. The van der Waals surface area contributed by atoms with Crippen LogP contribution in [0.2, 0.25) is 0 Å². The number of esters is 1. The molecule has 1 amide bonds. The van der Waals surface area contributed by atoms with E-state index < -0.39 is 0 Å². The summed E-state index contributed by atoms with van der Waals surface area (Å²) in [5.41, 5.74) is 8.95. The van der Waals surface area contributed by atoms with Crippen molar-refractivity contribution in [2.75, 3.05) is 23.8 Å². The van der Waals surface area contributed by atoms with Crippen LogP contribution in [0, 0.1) is 0 Å². The lowest BCUT2D eigenvalue weighted by atomic mass is 10.1. The van der Waals surface area contributed by atoms with Crippen molar-refractivity contribution in [2.24, 2.45) is 0 Å². The van der Waals surface area contributed by atoms with Crippen LogP contribution in [0.5, 0.6) is 0 Å². The fourth-order valence-corrected chi connectivity index (χ4v) is 5.33. The Morgan fingerprint density at radius 3 is 2.70 bits per heavy atom. The molecule has 2 N–H and O–H groups in total. The molecule has 0 spiro atoms. The molecule has 0 unspecified atom stereocenters. The van der Waals surface area contributed by atoms with Gasteiger partial charge in [-0.15, -0.1) is 22.7 Å². The number of rotatable bonds is 3. The lowest BCUT2D eigenvalue weighted by molar-refractivity contribution is 0.0532. The minimum atomic E-state index is -0.288. The van der Waals surface area contributed by atoms with Crippen molar-refractivity contribution in [3.8, 4) is 9.75 Å². The molecule has 0 aliphatic carbocycles. The van der Waals surface area contributed by atoms with Gasteiger partial charge in [0, 0.05) is 17.8 Å². The van der Waals surface area contributed by atoms with E-state index in [1.165, 1.54) is 11.3 Å². The topological polar surface area (TPSA) is 72.6 Å². The molecule has 5 nitrogen and oxygen atoms in total. The first-order valence-corrected chi connectivity index (χ1v) is 10.3. The van der Waals surface area contributed by atoms with E-state index in [1.54, 1.807) is 42.5 Å². The van der Waals surface area contributed by atoms with Gasteiger partial charge in [-0.2, -0.15) is 0 Å². The smallest absolute Gasteiger partial charge is 0.348 e. The summed E-state index contributed by atoms with van der Waals surface area (Å²) in [5.74, 6) is -0.334. The van der Waals surface area contributed by atoms with Gasteiger partial charge in [-0.25, -0.2) is 4.79 Å². The van der Waals surface area contributed by atoms with Gasteiger partial charge in [0.25, 0.3) is 5.91 Å². The summed E-state index contributed by atoms with van der Waals surface area (Å²) in [5, 5.41) is 1.98. The molecule has 0 fully saturated rings. The molecule has 4 rings (SSSR count). The first kappa shape index (κ1) is 17.8. The number of hydrogen-bond donors (Lipinski definition) is 1. The van der Waals surface area contributed by atoms with Crippen LogP contribution in [0.25, 0.3) is 9.75 Å². The minimum Gasteiger partial charge on any atom is -0.462 e. The lowest BCUT2D eigenvalue weighted by Gasteiger charge is -2.21. The Morgan fingerprint density at radius 1 is 1.19 bits per heavy atom. The third kappa shape index (κ3) is 3.24. The highest BCUT2D eigenvalue weighted by Crippen LogP contribution is 2.45. The molecule has 1 aromatic carbocycles. The standard InChI is InChI=1S/C20H18N2O3S2/c1-2-25-20(24)16-11-13-7-9-22(15-8-10-26-18(15)17(13)27-16)19(23)12-3-5-14(21)6-4-12/h3-6,8,10-11H,2,7,9,21H2,1H3. The van der Waals surface area contributed by atoms with Crippen LogP contribution < -0.4 is 10.6 Å². The molecule has 0 saturated heterocycles. The lowest BCUT2D eigenvalue weighted by Crippen LogP contribution is -2.32. The Labute approximate surface area is 165 Å². The van der Waals surface area contributed by atoms with Gasteiger partial charge in [-0.3, -0.25) is 4.79 Å². The summed E-state index contributed by atoms with van der Waals surface area (Å²) in [6.07, 6.45) is 0.688. The maximum Gasteiger partial charge on any atom is 0.348 e. The molecule has 0 saturated carbocycles. The Morgan fingerprint density at radius 2 is 1.96 bits per heavy atom. The maximum absolute atomic E-state index is 13.1. The molecule has 1 aliphatic rings. The molecule has 3 heterocycles. The fourth-order valence-electron chi connectivity index (χ4n) is 3.14. The Kier molecular flexibility index (Phi) is 4.72. The summed E-state index contributed by atoms with van der Waals surface area (Å²) < 4.78 is 5.13. The molecular weight excluding hydrogens is 380 g/mol. The second-order valence-electron chi connectivity index (χ2n) is 6.15. The molecule has 0 radical (unpaired) electrons. The third-order valence-electron chi connectivity index (χ3n) is 4.43. The maximum atomic E-state index is 13.1. The number of carbonyl (C=O) groups is 2. The monoisotopic (exact) mass is 398 g/mol. The second-order valence-corrected chi connectivity index (χ2v) is 8.12. The van der Waals surface area contributed by atoms with Crippen molar-refractivity contribution >= 4 is 45.9 Å². The van der Waals surface area contributed by atoms with E-state index in [-0.39, 0.29) is 11.9 Å². The van der Waals surface area contributed by atoms with Crippen molar-refractivity contribution in [1.82, 2.24) is 0 Å².